The Hall–Kier alpha value is -3.33. The number of carbonyl (C=O) groups is 2. The first-order valence-corrected chi connectivity index (χ1v) is 7.22. The van der Waals surface area contributed by atoms with Gasteiger partial charge >= 0.3 is 5.97 Å². The number of benzene rings is 2. The van der Waals surface area contributed by atoms with Crippen molar-refractivity contribution in [3.8, 4) is 11.8 Å². The highest BCUT2D eigenvalue weighted by Crippen LogP contribution is 2.22. The van der Waals surface area contributed by atoms with E-state index < -0.39 is 18.5 Å². The first-order valence-electron chi connectivity index (χ1n) is 7.22. The van der Waals surface area contributed by atoms with Crippen LogP contribution in [0, 0.1) is 18.3 Å². The maximum Gasteiger partial charge on any atom is 0.342 e. The molecule has 0 fully saturated rings. The summed E-state index contributed by atoms with van der Waals surface area (Å²) in [6, 6.07) is 13.5. The number of nitrogens with zero attached hydrogens (tertiary/aromatic N) is 1. The summed E-state index contributed by atoms with van der Waals surface area (Å²) >= 11 is 0. The van der Waals surface area contributed by atoms with Crippen molar-refractivity contribution in [2.24, 2.45) is 0 Å². The van der Waals surface area contributed by atoms with Gasteiger partial charge in [-0.2, -0.15) is 5.26 Å². The monoisotopic (exact) mass is 324 g/mol. The predicted molar refractivity (Wildman–Crippen MR) is 87.5 cm³/mol. The Labute approximate surface area is 139 Å². The Kier molecular flexibility index (Phi) is 5.53. The lowest BCUT2D eigenvalue weighted by Crippen LogP contribution is -2.21. The number of rotatable bonds is 5. The number of nitrogens with one attached hydrogen (secondary N) is 1. The highest BCUT2D eigenvalue weighted by molar-refractivity contribution is 5.96. The van der Waals surface area contributed by atoms with Crippen LogP contribution in [0.3, 0.4) is 0 Å². The smallest absolute Gasteiger partial charge is 0.342 e. The molecule has 0 atom stereocenters. The van der Waals surface area contributed by atoms with Gasteiger partial charge in [-0.05, 0) is 36.2 Å². The van der Waals surface area contributed by atoms with E-state index in [2.05, 4.69) is 5.32 Å². The molecule has 1 amide bonds. The Bertz CT molecular complexity index is 792. The lowest BCUT2D eigenvalue weighted by molar-refractivity contribution is -0.119. The van der Waals surface area contributed by atoms with Gasteiger partial charge in [-0.3, -0.25) is 4.79 Å². The van der Waals surface area contributed by atoms with Gasteiger partial charge in [0.15, 0.2) is 6.61 Å². The van der Waals surface area contributed by atoms with Gasteiger partial charge in [0.25, 0.3) is 5.91 Å². The van der Waals surface area contributed by atoms with Gasteiger partial charge in [0.1, 0.15) is 11.3 Å². The molecule has 0 heterocycles. The van der Waals surface area contributed by atoms with Crippen molar-refractivity contribution in [2.45, 2.75) is 13.3 Å². The SMILES string of the molecule is Cc1cccc(C(=O)OCC(=O)Nc2ccc(CC#N)cc2)c1O. The van der Waals surface area contributed by atoms with E-state index in [0.717, 1.165) is 5.56 Å². The second-order valence-corrected chi connectivity index (χ2v) is 5.13. The second kappa shape index (κ2) is 7.79. The summed E-state index contributed by atoms with van der Waals surface area (Å²) in [5.74, 6) is -1.42. The van der Waals surface area contributed by atoms with Gasteiger partial charge in [0.2, 0.25) is 0 Å². The zero-order valence-corrected chi connectivity index (χ0v) is 13.1. The third kappa shape index (κ3) is 4.34. The summed E-state index contributed by atoms with van der Waals surface area (Å²) in [4.78, 5) is 23.7. The Morgan fingerprint density at radius 2 is 1.92 bits per heavy atom. The number of anilines is 1. The Morgan fingerprint density at radius 1 is 1.21 bits per heavy atom. The highest BCUT2D eigenvalue weighted by Gasteiger charge is 2.15. The molecule has 2 N–H and O–H groups in total. The lowest BCUT2D eigenvalue weighted by Gasteiger charge is -2.08. The van der Waals surface area contributed by atoms with Crippen LogP contribution in [0.5, 0.6) is 5.75 Å². The molecule has 0 spiro atoms. The summed E-state index contributed by atoms with van der Waals surface area (Å²) < 4.78 is 4.91. The standard InChI is InChI=1S/C18H16N2O4/c1-12-3-2-4-15(17(12)22)18(23)24-11-16(21)20-14-7-5-13(6-8-14)9-10-19/h2-8,22H,9,11H2,1H3,(H,20,21). The first-order chi connectivity index (χ1) is 11.5. The maximum atomic E-state index is 11.9. The molecule has 0 saturated heterocycles. The maximum absolute atomic E-state index is 11.9. The average molecular weight is 324 g/mol. The van der Waals surface area contributed by atoms with Crippen LogP contribution >= 0.6 is 0 Å². The third-order valence-corrected chi connectivity index (χ3v) is 3.31. The number of aryl methyl sites for hydroxylation is 1. The molecular weight excluding hydrogens is 308 g/mol. The second-order valence-electron chi connectivity index (χ2n) is 5.13. The number of amides is 1. The number of hydrogen-bond acceptors (Lipinski definition) is 5. The minimum absolute atomic E-state index is 0.0173. The molecule has 0 aliphatic rings. The summed E-state index contributed by atoms with van der Waals surface area (Å²) in [5.41, 5.74) is 1.95. The van der Waals surface area contributed by atoms with E-state index in [0.29, 0.717) is 17.7 Å². The number of ether oxygens (including phenoxy) is 1. The van der Waals surface area contributed by atoms with E-state index in [-0.39, 0.29) is 11.3 Å². The number of aromatic hydroxyl groups is 1. The largest absolute Gasteiger partial charge is 0.507 e. The van der Waals surface area contributed by atoms with Gasteiger partial charge in [0, 0.05) is 5.69 Å². The van der Waals surface area contributed by atoms with E-state index in [9.17, 15) is 14.7 Å². The molecule has 2 aromatic carbocycles. The topological polar surface area (TPSA) is 99.4 Å². The molecular formula is C18H16N2O4. The highest BCUT2D eigenvalue weighted by atomic mass is 16.5. The van der Waals surface area contributed by atoms with Crippen molar-refractivity contribution in [1.82, 2.24) is 0 Å². The molecule has 2 rings (SSSR count). The van der Waals surface area contributed by atoms with E-state index in [1.54, 1.807) is 43.3 Å². The fraction of sp³-hybridized carbons (Fsp3) is 0.167. The van der Waals surface area contributed by atoms with Crippen LogP contribution in [0.25, 0.3) is 0 Å². The van der Waals surface area contributed by atoms with Crippen LogP contribution in [0.2, 0.25) is 0 Å². The molecule has 2 aromatic rings. The number of para-hydroxylation sites is 1. The van der Waals surface area contributed by atoms with Gasteiger partial charge in [-0.1, -0.05) is 24.3 Å². The van der Waals surface area contributed by atoms with Crippen LogP contribution in [0.4, 0.5) is 5.69 Å². The fourth-order valence-electron chi connectivity index (χ4n) is 2.03. The molecule has 0 aromatic heterocycles. The lowest BCUT2D eigenvalue weighted by atomic mass is 10.1. The minimum atomic E-state index is -0.768. The first kappa shape index (κ1) is 17.0. The van der Waals surface area contributed by atoms with Crippen LogP contribution < -0.4 is 5.32 Å². The number of phenols is 1. The molecule has 122 valence electrons. The van der Waals surface area contributed by atoms with Crippen molar-refractivity contribution in [2.75, 3.05) is 11.9 Å². The molecule has 6 heteroatoms. The Morgan fingerprint density at radius 3 is 2.58 bits per heavy atom. The zero-order valence-electron chi connectivity index (χ0n) is 13.1. The van der Waals surface area contributed by atoms with Crippen molar-refractivity contribution in [3.63, 3.8) is 0 Å². The molecule has 0 aliphatic carbocycles. The summed E-state index contributed by atoms with van der Waals surface area (Å²) in [6.07, 6.45) is 0.297. The van der Waals surface area contributed by atoms with Crippen LogP contribution in [-0.2, 0) is 16.0 Å². The number of nitriles is 1. The average Bonchev–Trinajstić information content (AvgIpc) is 2.57. The third-order valence-electron chi connectivity index (χ3n) is 3.31. The van der Waals surface area contributed by atoms with Crippen LogP contribution in [0.15, 0.2) is 42.5 Å². The van der Waals surface area contributed by atoms with E-state index >= 15 is 0 Å². The molecule has 0 bridgehead atoms. The quantitative estimate of drug-likeness (QED) is 0.823. The van der Waals surface area contributed by atoms with Gasteiger partial charge in [-0.25, -0.2) is 4.79 Å². The van der Waals surface area contributed by atoms with Crippen LogP contribution in [-0.4, -0.2) is 23.6 Å². The number of carbonyl (C=O) groups excluding carboxylic acids is 2. The molecule has 24 heavy (non-hydrogen) atoms. The van der Waals surface area contributed by atoms with Crippen LogP contribution in [0.1, 0.15) is 21.5 Å². The summed E-state index contributed by atoms with van der Waals surface area (Å²) in [7, 11) is 0. The molecule has 0 radical (unpaired) electrons. The molecule has 0 saturated carbocycles. The number of hydrogen-bond donors (Lipinski definition) is 2. The Balaban J connectivity index is 1.90. The van der Waals surface area contributed by atoms with E-state index in [4.69, 9.17) is 10.00 Å². The predicted octanol–water partition coefficient (Wildman–Crippen LogP) is 2.56. The van der Waals surface area contributed by atoms with E-state index in [1.165, 1.54) is 6.07 Å². The van der Waals surface area contributed by atoms with Crippen molar-refractivity contribution in [3.05, 3.63) is 59.2 Å². The summed E-state index contributed by atoms with van der Waals surface area (Å²) in [5, 5.41) is 21.0. The van der Waals surface area contributed by atoms with Gasteiger partial charge in [0.05, 0.1) is 12.5 Å². The molecule has 0 aliphatic heterocycles. The van der Waals surface area contributed by atoms with E-state index in [1.807, 2.05) is 6.07 Å². The summed E-state index contributed by atoms with van der Waals surface area (Å²) in [6.45, 7) is 1.20. The van der Waals surface area contributed by atoms with Gasteiger partial charge in [-0.15, -0.1) is 0 Å². The van der Waals surface area contributed by atoms with Crippen molar-refractivity contribution >= 4 is 17.6 Å². The number of esters is 1. The van der Waals surface area contributed by atoms with Gasteiger partial charge < -0.3 is 15.2 Å². The van der Waals surface area contributed by atoms with Crippen molar-refractivity contribution in [1.29, 1.82) is 5.26 Å². The van der Waals surface area contributed by atoms with Crippen molar-refractivity contribution < 1.29 is 19.4 Å². The normalized spacial score (nSPS) is 9.83. The molecule has 6 nitrogen and oxygen atoms in total. The molecule has 0 unspecified atom stereocenters. The number of phenolic OH excluding ortho intramolecular Hbond substituents is 1. The minimum Gasteiger partial charge on any atom is -0.507 e. The fourth-order valence-corrected chi connectivity index (χ4v) is 2.03. The zero-order chi connectivity index (χ0) is 17.5.